The van der Waals surface area contributed by atoms with Crippen molar-refractivity contribution >= 4 is 5.91 Å². The second-order valence-corrected chi connectivity index (χ2v) is 4.49. The van der Waals surface area contributed by atoms with E-state index in [0.717, 1.165) is 12.8 Å². The Morgan fingerprint density at radius 3 is 2.82 bits per heavy atom. The summed E-state index contributed by atoms with van der Waals surface area (Å²) in [6.45, 7) is 1.18. The molecule has 6 nitrogen and oxygen atoms in total. The van der Waals surface area contributed by atoms with Gasteiger partial charge in [0.15, 0.2) is 17.2 Å². The van der Waals surface area contributed by atoms with Crippen LogP contribution in [-0.2, 0) is 6.54 Å². The van der Waals surface area contributed by atoms with Gasteiger partial charge in [-0.3, -0.25) is 9.59 Å². The van der Waals surface area contributed by atoms with Crippen LogP contribution in [0, 0.1) is 0 Å². The Bertz CT molecular complexity index is 563. The highest BCUT2D eigenvalue weighted by Gasteiger charge is 2.37. The average Bonchev–Trinajstić information content (AvgIpc) is 2.74. The largest absolute Gasteiger partial charge is 0.503 e. The standard InChI is InChI=1S/C11H12N2O4/c14-7-5-12-4-6-2-1-3-13(6)11(17)8(12)10(16)9(7)15/h5-6,14,16H,1-4H2. The molecule has 0 spiro atoms. The number of fused-ring (bicyclic) bond motifs is 2. The lowest BCUT2D eigenvalue weighted by molar-refractivity contribution is 0.0660. The molecule has 1 saturated heterocycles. The first kappa shape index (κ1) is 10.2. The van der Waals surface area contributed by atoms with E-state index in [1.54, 1.807) is 4.90 Å². The molecule has 0 radical (unpaired) electrons. The molecule has 0 aliphatic carbocycles. The number of pyridine rings is 1. The van der Waals surface area contributed by atoms with Crippen LogP contribution in [0.4, 0.5) is 0 Å². The van der Waals surface area contributed by atoms with Crippen LogP contribution < -0.4 is 5.43 Å². The minimum Gasteiger partial charge on any atom is -0.503 e. The van der Waals surface area contributed by atoms with E-state index in [0.29, 0.717) is 13.1 Å². The van der Waals surface area contributed by atoms with Crippen LogP contribution in [-0.4, -0.2) is 38.2 Å². The molecule has 17 heavy (non-hydrogen) atoms. The molecule has 1 fully saturated rings. The van der Waals surface area contributed by atoms with Gasteiger partial charge < -0.3 is 19.7 Å². The average molecular weight is 236 g/mol. The predicted molar refractivity (Wildman–Crippen MR) is 58.1 cm³/mol. The molecule has 1 atom stereocenters. The van der Waals surface area contributed by atoms with E-state index >= 15 is 0 Å². The van der Waals surface area contributed by atoms with Crippen molar-refractivity contribution in [2.75, 3.05) is 6.54 Å². The van der Waals surface area contributed by atoms with Gasteiger partial charge in [0.05, 0.1) is 12.2 Å². The molecule has 1 amide bonds. The first-order chi connectivity index (χ1) is 8.09. The van der Waals surface area contributed by atoms with Gasteiger partial charge in [-0.1, -0.05) is 0 Å². The number of amides is 1. The lowest BCUT2D eigenvalue weighted by Crippen LogP contribution is -2.45. The van der Waals surface area contributed by atoms with Crippen molar-refractivity contribution in [3.63, 3.8) is 0 Å². The van der Waals surface area contributed by atoms with E-state index in [1.165, 1.54) is 10.8 Å². The summed E-state index contributed by atoms with van der Waals surface area (Å²) in [6.07, 6.45) is 3.08. The van der Waals surface area contributed by atoms with Gasteiger partial charge in [-0.2, -0.15) is 0 Å². The maximum atomic E-state index is 12.1. The number of nitrogens with zero attached hydrogens (tertiary/aromatic N) is 2. The quantitative estimate of drug-likeness (QED) is 0.657. The summed E-state index contributed by atoms with van der Waals surface area (Å²) in [6, 6.07) is 0.108. The van der Waals surface area contributed by atoms with Crippen LogP contribution in [0.15, 0.2) is 11.0 Å². The molecule has 1 aromatic rings. The first-order valence-electron chi connectivity index (χ1n) is 5.56. The normalized spacial score (nSPS) is 22.5. The molecule has 2 aliphatic heterocycles. The van der Waals surface area contributed by atoms with E-state index in [4.69, 9.17) is 0 Å². The van der Waals surface area contributed by atoms with Crippen molar-refractivity contribution in [2.45, 2.75) is 25.4 Å². The van der Waals surface area contributed by atoms with Crippen LogP contribution >= 0.6 is 0 Å². The topological polar surface area (TPSA) is 82.8 Å². The summed E-state index contributed by atoms with van der Waals surface area (Å²) in [5.41, 5.74) is -0.895. The Hall–Kier alpha value is -1.98. The lowest BCUT2D eigenvalue weighted by Gasteiger charge is -2.32. The molecule has 1 aromatic heterocycles. The zero-order valence-electron chi connectivity index (χ0n) is 9.09. The van der Waals surface area contributed by atoms with Crippen LogP contribution in [0.2, 0.25) is 0 Å². The van der Waals surface area contributed by atoms with Gasteiger partial charge in [-0.15, -0.1) is 0 Å². The van der Waals surface area contributed by atoms with E-state index in [-0.39, 0.29) is 17.6 Å². The molecular weight excluding hydrogens is 224 g/mol. The SMILES string of the molecule is O=C1c2c(O)c(=O)c(O)cn2CC2CCCN12. The van der Waals surface area contributed by atoms with Gasteiger partial charge in [-0.05, 0) is 12.8 Å². The van der Waals surface area contributed by atoms with E-state index in [2.05, 4.69) is 0 Å². The van der Waals surface area contributed by atoms with E-state index < -0.39 is 16.9 Å². The van der Waals surface area contributed by atoms with Gasteiger partial charge in [-0.25, -0.2) is 0 Å². The Labute approximate surface area is 96.7 Å². The summed E-state index contributed by atoms with van der Waals surface area (Å²) in [5, 5.41) is 19.0. The second-order valence-electron chi connectivity index (χ2n) is 4.49. The predicted octanol–water partition coefficient (Wildman–Crippen LogP) is -0.122. The summed E-state index contributed by atoms with van der Waals surface area (Å²) >= 11 is 0. The second kappa shape index (κ2) is 3.26. The number of hydrogen-bond donors (Lipinski definition) is 2. The van der Waals surface area contributed by atoms with Gasteiger partial charge in [0.2, 0.25) is 0 Å². The summed E-state index contributed by atoms with van der Waals surface area (Å²) in [4.78, 5) is 25.2. The number of aromatic nitrogens is 1. The van der Waals surface area contributed by atoms with Crippen LogP contribution in [0.5, 0.6) is 11.5 Å². The molecule has 3 rings (SSSR count). The molecule has 0 aromatic carbocycles. The summed E-state index contributed by atoms with van der Waals surface area (Å²) in [7, 11) is 0. The number of aromatic hydroxyl groups is 2. The third kappa shape index (κ3) is 1.26. The van der Waals surface area contributed by atoms with Crippen LogP contribution in [0.25, 0.3) is 0 Å². The zero-order chi connectivity index (χ0) is 12.2. The van der Waals surface area contributed by atoms with E-state index in [9.17, 15) is 19.8 Å². The first-order valence-corrected chi connectivity index (χ1v) is 5.56. The van der Waals surface area contributed by atoms with Crippen molar-refractivity contribution in [3.8, 4) is 11.5 Å². The molecular formula is C11H12N2O4. The van der Waals surface area contributed by atoms with Crippen molar-refractivity contribution < 1.29 is 15.0 Å². The smallest absolute Gasteiger partial charge is 0.274 e. The third-order valence-electron chi connectivity index (χ3n) is 3.49. The molecule has 0 bridgehead atoms. The van der Waals surface area contributed by atoms with Gasteiger partial charge in [0.1, 0.15) is 0 Å². The lowest BCUT2D eigenvalue weighted by atomic mass is 10.1. The van der Waals surface area contributed by atoms with Gasteiger partial charge in [0, 0.05) is 13.1 Å². The minimum absolute atomic E-state index is 0.00838. The Balaban J connectivity index is 2.22. The highest BCUT2D eigenvalue weighted by atomic mass is 16.3. The van der Waals surface area contributed by atoms with Crippen molar-refractivity contribution in [3.05, 3.63) is 22.1 Å². The number of carbonyl (C=O) groups is 1. The Morgan fingerprint density at radius 1 is 1.29 bits per heavy atom. The fourth-order valence-corrected chi connectivity index (χ4v) is 2.66. The Kier molecular flexibility index (Phi) is 1.95. The molecule has 6 heteroatoms. The summed E-state index contributed by atoms with van der Waals surface area (Å²) < 4.78 is 1.47. The van der Waals surface area contributed by atoms with Gasteiger partial charge >= 0.3 is 0 Å². The molecule has 90 valence electrons. The maximum absolute atomic E-state index is 12.1. The van der Waals surface area contributed by atoms with Crippen molar-refractivity contribution in [2.24, 2.45) is 0 Å². The monoisotopic (exact) mass is 236 g/mol. The minimum atomic E-state index is -0.887. The molecule has 1 unspecified atom stereocenters. The molecule has 2 aliphatic rings. The van der Waals surface area contributed by atoms with E-state index in [1.807, 2.05) is 0 Å². The molecule has 0 saturated carbocycles. The Morgan fingerprint density at radius 2 is 2.06 bits per heavy atom. The highest BCUT2D eigenvalue weighted by molar-refractivity contribution is 5.96. The number of carbonyl (C=O) groups excluding carboxylic acids is 1. The van der Waals surface area contributed by atoms with Crippen LogP contribution in [0.1, 0.15) is 23.3 Å². The molecule has 2 N–H and O–H groups in total. The molecule has 3 heterocycles. The number of rotatable bonds is 0. The number of hydrogen-bond acceptors (Lipinski definition) is 4. The van der Waals surface area contributed by atoms with Crippen LogP contribution in [0.3, 0.4) is 0 Å². The fourth-order valence-electron chi connectivity index (χ4n) is 2.66. The highest BCUT2D eigenvalue weighted by Crippen LogP contribution is 2.29. The summed E-state index contributed by atoms with van der Waals surface area (Å²) in [5.74, 6) is -1.50. The maximum Gasteiger partial charge on any atom is 0.274 e. The van der Waals surface area contributed by atoms with Crippen molar-refractivity contribution in [1.29, 1.82) is 0 Å². The zero-order valence-corrected chi connectivity index (χ0v) is 9.09. The fraction of sp³-hybridized carbons (Fsp3) is 0.455. The van der Waals surface area contributed by atoms with Gasteiger partial charge in [0.25, 0.3) is 11.3 Å². The third-order valence-corrected chi connectivity index (χ3v) is 3.49. The van der Waals surface area contributed by atoms with Crippen molar-refractivity contribution in [1.82, 2.24) is 9.47 Å².